The van der Waals surface area contributed by atoms with Crippen molar-refractivity contribution in [2.75, 3.05) is 19.6 Å². The van der Waals surface area contributed by atoms with E-state index in [2.05, 4.69) is 5.32 Å². The molecule has 1 amide bonds. The molecule has 1 unspecified atom stereocenters. The first-order chi connectivity index (χ1) is 9.04. The van der Waals surface area contributed by atoms with Gasteiger partial charge in [-0.05, 0) is 0 Å². The van der Waals surface area contributed by atoms with E-state index in [1.807, 2.05) is 6.07 Å². The van der Waals surface area contributed by atoms with E-state index in [0.717, 1.165) is 4.90 Å². The van der Waals surface area contributed by atoms with Crippen LogP contribution in [0.3, 0.4) is 0 Å². The minimum Gasteiger partial charge on any atom is -0.320 e. The molecule has 1 aliphatic heterocycles. The Hall–Kier alpha value is -2.07. The number of nitrogens with zero attached hydrogens (tertiary/aromatic N) is 2. The van der Waals surface area contributed by atoms with Crippen molar-refractivity contribution in [1.82, 2.24) is 10.2 Å². The van der Waals surface area contributed by atoms with E-state index in [1.165, 1.54) is 0 Å². The molecule has 1 N–H and O–H groups in total. The van der Waals surface area contributed by atoms with Crippen LogP contribution in [0.15, 0.2) is 12.1 Å². The second-order valence-corrected chi connectivity index (χ2v) is 4.09. The average Bonchev–Trinajstić information content (AvgIpc) is 2.37. The van der Waals surface area contributed by atoms with E-state index in [9.17, 15) is 18.0 Å². The minimum atomic E-state index is -1.27. The Balaban J connectivity index is 2.36. The summed E-state index contributed by atoms with van der Waals surface area (Å²) >= 11 is 0. The number of nitrogens with one attached hydrogen (secondary N) is 1. The topological polar surface area (TPSA) is 56.1 Å². The van der Waals surface area contributed by atoms with Crippen molar-refractivity contribution < 1.29 is 18.0 Å². The van der Waals surface area contributed by atoms with Crippen molar-refractivity contribution in [1.29, 1.82) is 5.26 Å². The zero-order valence-electron chi connectivity index (χ0n) is 9.79. The van der Waals surface area contributed by atoms with Crippen LogP contribution in [0, 0.1) is 28.8 Å². The van der Waals surface area contributed by atoms with Gasteiger partial charge < -0.3 is 10.2 Å². The normalized spacial score (nSPS) is 19.1. The van der Waals surface area contributed by atoms with Crippen LogP contribution < -0.4 is 5.32 Å². The van der Waals surface area contributed by atoms with Gasteiger partial charge in [0.15, 0.2) is 0 Å². The molecule has 4 nitrogen and oxygen atoms in total. The Morgan fingerprint density at radius 1 is 1.37 bits per heavy atom. The van der Waals surface area contributed by atoms with Crippen LogP contribution in [0.1, 0.15) is 10.4 Å². The van der Waals surface area contributed by atoms with Crippen LogP contribution in [0.2, 0.25) is 0 Å². The second kappa shape index (κ2) is 5.28. The number of rotatable bonds is 1. The highest BCUT2D eigenvalue weighted by Gasteiger charge is 2.31. The number of benzene rings is 1. The van der Waals surface area contributed by atoms with E-state index < -0.39 is 35.0 Å². The zero-order valence-corrected chi connectivity index (χ0v) is 9.79. The van der Waals surface area contributed by atoms with Gasteiger partial charge in [0, 0.05) is 31.8 Å². The second-order valence-electron chi connectivity index (χ2n) is 4.09. The summed E-state index contributed by atoms with van der Waals surface area (Å²) < 4.78 is 39.8. The summed E-state index contributed by atoms with van der Waals surface area (Å²) in [5.74, 6) is -4.57. The molecule has 1 heterocycles. The molecule has 0 saturated carbocycles. The Labute approximate surface area is 107 Å². The fraction of sp³-hybridized carbons (Fsp3) is 0.333. The van der Waals surface area contributed by atoms with Crippen LogP contribution >= 0.6 is 0 Å². The maximum Gasteiger partial charge on any atom is 0.260 e. The Morgan fingerprint density at radius 2 is 2.00 bits per heavy atom. The lowest BCUT2D eigenvalue weighted by Crippen LogP contribution is -2.53. The average molecular weight is 269 g/mol. The number of hydrogen-bond acceptors (Lipinski definition) is 3. The number of halogens is 3. The van der Waals surface area contributed by atoms with Gasteiger partial charge in [-0.15, -0.1) is 0 Å². The van der Waals surface area contributed by atoms with E-state index in [1.54, 1.807) is 0 Å². The summed E-state index contributed by atoms with van der Waals surface area (Å²) in [6.07, 6.45) is 0. The highest BCUT2D eigenvalue weighted by Crippen LogP contribution is 2.18. The molecule has 1 aliphatic rings. The molecule has 100 valence electrons. The predicted molar refractivity (Wildman–Crippen MR) is 59.6 cm³/mol. The largest absolute Gasteiger partial charge is 0.320 e. The van der Waals surface area contributed by atoms with Gasteiger partial charge in [-0.3, -0.25) is 4.79 Å². The van der Waals surface area contributed by atoms with E-state index in [-0.39, 0.29) is 13.1 Å². The number of piperazine rings is 1. The van der Waals surface area contributed by atoms with E-state index >= 15 is 0 Å². The van der Waals surface area contributed by atoms with Crippen LogP contribution in [-0.2, 0) is 0 Å². The smallest absolute Gasteiger partial charge is 0.260 e. The van der Waals surface area contributed by atoms with Crippen molar-refractivity contribution in [2.45, 2.75) is 6.04 Å². The summed E-state index contributed by atoms with van der Waals surface area (Å²) in [5, 5.41) is 11.8. The van der Waals surface area contributed by atoms with Gasteiger partial charge >= 0.3 is 0 Å². The van der Waals surface area contributed by atoms with Gasteiger partial charge in [-0.2, -0.15) is 5.26 Å². The SMILES string of the molecule is N#CC1CNCCN1C(=O)c1c(F)cc(F)cc1F. The van der Waals surface area contributed by atoms with Gasteiger partial charge in [0.05, 0.1) is 6.07 Å². The molecule has 0 spiro atoms. The highest BCUT2D eigenvalue weighted by atomic mass is 19.1. The van der Waals surface area contributed by atoms with Crippen molar-refractivity contribution in [3.63, 3.8) is 0 Å². The van der Waals surface area contributed by atoms with Crippen molar-refractivity contribution >= 4 is 5.91 Å². The molecule has 1 aromatic rings. The van der Waals surface area contributed by atoms with Crippen LogP contribution in [-0.4, -0.2) is 36.5 Å². The molecule has 0 radical (unpaired) electrons. The first-order valence-corrected chi connectivity index (χ1v) is 5.60. The number of carbonyl (C=O) groups excluding carboxylic acids is 1. The quantitative estimate of drug-likeness (QED) is 0.828. The van der Waals surface area contributed by atoms with Gasteiger partial charge in [0.25, 0.3) is 5.91 Å². The Bertz CT molecular complexity index is 533. The first-order valence-electron chi connectivity index (χ1n) is 5.60. The monoisotopic (exact) mass is 269 g/mol. The first kappa shape index (κ1) is 13.4. The number of carbonyl (C=O) groups is 1. The summed E-state index contributed by atoms with van der Waals surface area (Å²) in [6, 6.07) is 1.97. The van der Waals surface area contributed by atoms with Crippen LogP contribution in [0.25, 0.3) is 0 Å². The molecule has 1 saturated heterocycles. The molecule has 0 aliphatic carbocycles. The van der Waals surface area contributed by atoms with Crippen molar-refractivity contribution in [3.05, 3.63) is 35.1 Å². The maximum atomic E-state index is 13.5. The Kier molecular flexibility index (Phi) is 3.71. The van der Waals surface area contributed by atoms with Crippen LogP contribution in [0.4, 0.5) is 13.2 Å². The number of nitriles is 1. The lowest BCUT2D eigenvalue weighted by molar-refractivity contribution is 0.0677. The van der Waals surface area contributed by atoms with Gasteiger partial charge in [-0.1, -0.05) is 0 Å². The molecule has 7 heteroatoms. The summed E-state index contributed by atoms with van der Waals surface area (Å²) in [4.78, 5) is 13.1. The van der Waals surface area contributed by atoms with Gasteiger partial charge in [-0.25, -0.2) is 13.2 Å². The Morgan fingerprint density at radius 3 is 2.58 bits per heavy atom. The summed E-state index contributed by atoms with van der Waals surface area (Å²) in [5.41, 5.74) is -0.830. The number of hydrogen-bond donors (Lipinski definition) is 1. The number of amides is 1. The van der Waals surface area contributed by atoms with Crippen molar-refractivity contribution in [2.24, 2.45) is 0 Å². The van der Waals surface area contributed by atoms with E-state index in [0.29, 0.717) is 18.7 Å². The third kappa shape index (κ3) is 2.53. The molecule has 1 aromatic carbocycles. The molecular weight excluding hydrogens is 259 g/mol. The fourth-order valence-electron chi connectivity index (χ4n) is 1.95. The summed E-state index contributed by atoms with van der Waals surface area (Å²) in [7, 11) is 0. The van der Waals surface area contributed by atoms with Crippen LogP contribution in [0.5, 0.6) is 0 Å². The highest BCUT2D eigenvalue weighted by molar-refractivity contribution is 5.95. The van der Waals surface area contributed by atoms with Gasteiger partial charge in [0.2, 0.25) is 0 Å². The predicted octanol–water partition coefficient (Wildman–Crippen LogP) is 1.04. The third-order valence-electron chi connectivity index (χ3n) is 2.87. The molecule has 2 rings (SSSR count). The lowest BCUT2D eigenvalue weighted by Gasteiger charge is -2.32. The van der Waals surface area contributed by atoms with Crippen molar-refractivity contribution in [3.8, 4) is 6.07 Å². The zero-order chi connectivity index (χ0) is 14.0. The maximum absolute atomic E-state index is 13.5. The molecule has 0 aromatic heterocycles. The van der Waals surface area contributed by atoms with E-state index in [4.69, 9.17) is 5.26 Å². The minimum absolute atomic E-state index is 0.160. The molecular formula is C12H10F3N3O. The lowest BCUT2D eigenvalue weighted by atomic mass is 10.1. The van der Waals surface area contributed by atoms with Gasteiger partial charge in [0.1, 0.15) is 29.1 Å². The molecule has 1 fully saturated rings. The fourth-order valence-corrected chi connectivity index (χ4v) is 1.95. The summed E-state index contributed by atoms with van der Waals surface area (Å²) in [6.45, 7) is 0.814. The standard InChI is InChI=1S/C12H10F3N3O/c13-7-3-9(14)11(10(15)4-7)12(19)18-2-1-17-6-8(18)5-16/h3-4,8,17H,1-2,6H2. The molecule has 19 heavy (non-hydrogen) atoms. The molecule has 0 bridgehead atoms. The molecule has 1 atom stereocenters. The third-order valence-corrected chi connectivity index (χ3v) is 2.87.